The molecule has 66 valence electrons. The summed E-state index contributed by atoms with van der Waals surface area (Å²) < 4.78 is 0. The Kier molecular flexibility index (Phi) is 3.69. The molecule has 1 saturated carbocycles. The second-order valence-corrected chi connectivity index (χ2v) is 3.42. The first kappa shape index (κ1) is 9.15. The van der Waals surface area contributed by atoms with E-state index in [1.165, 1.54) is 31.9 Å². The van der Waals surface area contributed by atoms with Crippen LogP contribution in [0.1, 0.15) is 25.7 Å². The molecule has 0 bridgehead atoms. The van der Waals surface area contributed by atoms with Gasteiger partial charge in [-0.05, 0) is 37.2 Å². The molecule has 0 spiro atoms. The third-order valence-corrected chi connectivity index (χ3v) is 2.52. The summed E-state index contributed by atoms with van der Waals surface area (Å²) in [6, 6.07) is 0. The Morgan fingerprint density at radius 3 is 2.75 bits per heavy atom. The van der Waals surface area contributed by atoms with Gasteiger partial charge in [0.2, 0.25) is 0 Å². The minimum absolute atomic E-state index is 0.668. The summed E-state index contributed by atoms with van der Waals surface area (Å²) in [6.45, 7) is 3.83. The average molecular weight is 163 g/mol. The quantitative estimate of drug-likeness (QED) is 0.491. The zero-order chi connectivity index (χ0) is 8.81. The summed E-state index contributed by atoms with van der Waals surface area (Å²) in [7, 11) is 0. The standard InChI is InChI=1S/C11H17N/c1-2-10-5-3-6-11(9-10)7-4-8-12/h2,7-8,10-11H,1,3,5-6,9,12H2/t4?,10-,11-/m1/s1. The summed E-state index contributed by atoms with van der Waals surface area (Å²) in [5.41, 5.74) is 8.18. The van der Waals surface area contributed by atoms with Crippen LogP contribution < -0.4 is 5.73 Å². The molecule has 0 saturated heterocycles. The molecule has 0 unspecified atom stereocenters. The molecule has 0 amide bonds. The second kappa shape index (κ2) is 4.84. The third kappa shape index (κ3) is 2.60. The van der Waals surface area contributed by atoms with Crippen molar-refractivity contribution in [3.63, 3.8) is 0 Å². The smallest absolute Gasteiger partial charge is 0.0368 e. The lowest BCUT2D eigenvalue weighted by atomic mass is 9.81. The topological polar surface area (TPSA) is 26.0 Å². The molecule has 0 aromatic carbocycles. The van der Waals surface area contributed by atoms with Gasteiger partial charge < -0.3 is 5.73 Å². The van der Waals surface area contributed by atoms with Gasteiger partial charge in [0.1, 0.15) is 0 Å². The highest BCUT2D eigenvalue weighted by atomic mass is 14.5. The summed E-state index contributed by atoms with van der Waals surface area (Å²) in [4.78, 5) is 0. The van der Waals surface area contributed by atoms with E-state index >= 15 is 0 Å². The maximum atomic E-state index is 5.23. The summed E-state index contributed by atoms with van der Waals surface area (Å²) in [5.74, 6) is 1.38. The number of nitrogens with two attached hydrogens (primary N) is 1. The Bertz CT molecular complexity index is 199. The van der Waals surface area contributed by atoms with Crippen LogP contribution in [-0.2, 0) is 0 Å². The van der Waals surface area contributed by atoms with E-state index in [0.717, 1.165) is 0 Å². The van der Waals surface area contributed by atoms with E-state index in [9.17, 15) is 0 Å². The first-order chi connectivity index (χ1) is 5.86. The van der Waals surface area contributed by atoms with Crippen molar-refractivity contribution in [3.05, 3.63) is 30.7 Å². The largest absolute Gasteiger partial charge is 0.398 e. The predicted octanol–water partition coefficient (Wildman–Crippen LogP) is 2.61. The number of hydrogen-bond acceptors (Lipinski definition) is 1. The van der Waals surface area contributed by atoms with Crippen molar-refractivity contribution >= 4 is 0 Å². The Morgan fingerprint density at radius 1 is 1.33 bits per heavy atom. The summed E-state index contributed by atoms with van der Waals surface area (Å²) in [6.07, 6.45) is 10.8. The van der Waals surface area contributed by atoms with Gasteiger partial charge in [0.15, 0.2) is 0 Å². The van der Waals surface area contributed by atoms with Crippen LogP contribution >= 0.6 is 0 Å². The summed E-state index contributed by atoms with van der Waals surface area (Å²) >= 11 is 0. The summed E-state index contributed by atoms with van der Waals surface area (Å²) in [5, 5.41) is 0. The van der Waals surface area contributed by atoms with Gasteiger partial charge in [-0.2, -0.15) is 0 Å². The monoisotopic (exact) mass is 163 g/mol. The van der Waals surface area contributed by atoms with Crippen molar-refractivity contribution < 1.29 is 0 Å². The van der Waals surface area contributed by atoms with E-state index in [1.54, 1.807) is 0 Å². The van der Waals surface area contributed by atoms with E-state index in [2.05, 4.69) is 24.5 Å². The Hall–Kier alpha value is -0.940. The maximum absolute atomic E-state index is 5.23. The van der Waals surface area contributed by atoms with Gasteiger partial charge in [0.25, 0.3) is 0 Å². The van der Waals surface area contributed by atoms with E-state index in [-0.39, 0.29) is 0 Å². The highest BCUT2D eigenvalue weighted by Crippen LogP contribution is 2.29. The molecule has 1 rings (SSSR count). The van der Waals surface area contributed by atoms with Crippen LogP contribution in [0.2, 0.25) is 0 Å². The second-order valence-electron chi connectivity index (χ2n) is 3.42. The molecular formula is C11H17N. The molecule has 1 fully saturated rings. The lowest BCUT2D eigenvalue weighted by Crippen LogP contribution is -2.11. The molecule has 12 heavy (non-hydrogen) atoms. The molecule has 1 aliphatic carbocycles. The van der Waals surface area contributed by atoms with Gasteiger partial charge in [0.05, 0.1) is 0 Å². The Morgan fingerprint density at radius 2 is 2.08 bits per heavy atom. The van der Waals surface area contributed by atoms with Crippen molar-refractivity contribution in [2.45, 2.75) is 25.7 Å². The molecule has 1 heteroatoms. The molecule has 0 radical (unpaired) electrons. The van der Waals surface area contributed by atoms with Gasteiger partial charge in [-0.25, -0.2) is 0 Å². The van der Waals surface area contributed by atoms with E-state index in [1.807, 2.05) is 0 Å². The van der Waals surface area contributed by atoms with Crippen molar-refractivity contribution in [1.82, 2.24) is 0 Å². The van der Waals surface area contributed by atoms with Crippen LogP contribution in [-0.4, -0.2) is 0 Å². The fraction of sp³-hybridized carbons (Fsp3) is 0.545. The van der Waals surface area contributed by atoms with Gasteiger partial charge in [-0.3, -0.25) is 0 Å². The highest BCUT2D eigenvalue weighted by Gasteiger charge is 2.17. The molecule has 2 N–H and O–H groups in total. The van der Waals surface area contributed by atoms with Crippen LogP contribution in [0.15, 0.2) is 30.7 Å². The van der Waals surface area contributed by atoms with Gasteiger partial charge in [-0.1, -0.05) is 12.5 Å². The maximum Gasteiger partial charge on any atom is 0.0368 e. The molecule has 0 aliphatic heterocycles. The molecular weight excluding hydrogens is 146 g/mol. The van der Waals surface area contributed by atoms with Crippen LogP contribution in [0.5, 0.6) is 0 Å². The first-order valence-electron chi connectivity index (χ1n) is 4.62. The van der Waals surface area contributed by atoms with Crippen molar-refractivity contribution in [3.8, 4) is 0 Å². The minimum atomic E-state index is 0.668. The van der Waals surface area contributed by atoms with Gasteiger partial charge >= 0.3 is 0 Å². The van der Waals surface area contributed by atoms with Crippen molar-refractivity contribution in [1.29, 1.82) is 0 Å². The van der Waals surface area contributed by atoms with E-state index in [4.69, 9.17) is 5.73 Å². The lowest BCUT2D eigenvalue weighted by Gasteiger charge is -2.23. The molecule has 0 heterocycles. The average Bonchev–Trinajstić information content (AvgIpc) is 2.15. The molecule has 1 nitrogen and oxygen atoms in total. The van der Waals surface area contributed by atoms with Crippen LogP contribution in [0.4, 0.5) is 0 Å². The zero-order valence-electron chi connectivity index (χ0n) is 7.50. The number of rotatable bonds is 2. The van der Waals surface area contributed by atoms with Crippen LogP contribution in [0.25, 0.3) is 0 Å². The molecule has 0 aromatic heterocycles. The third-order valence-electron chi connectivity index (χ3n) is 2.52. The van der Waals surface area contributed by atoms with E-state index in [0.29, 0.717) is 11.8 Å². The van der Waals surface area contributed by atoms with E-state index < -0.39 is 0 Å². The predicted molar refractivity (Wildman–Crippen MR) is 52.5 cm³/mol. The zero-order valence-corrected chi connectivity index (χ0v) is 7.50. The Balaban J connectivity index is 2.45. The lowest BCUT2D eigenvalue weighted by molar-refractivity contribution is 0.353. The van der Waals surface area contributed by atoms with Gasteiger partial charge in [-0.15, -0.1) is 12.3 Å². The van der Waals surface area contributed by atoms with Crippen molar-refractivity contribution in [2.24, 2.45) is 17.6 Å². The number of hydrogen-bond donors (Lipinski definition) is 1. The fourth-order valence-electron chi connectivity index (χ4n) is 1.82. The number of allylic oxidation sites excluding steroid dienone is 2. The molecule has 1 aliphatic rings. The normalized spacial score (nSPS) is 28.7. The molecule has 2 atom stereocenters. The SMILES string of the molecule is C=C[C@@H]1CCC[C@H](C=C=CN)C1. The molecule has 0 aromatic rings. The van der Waals surface area contributed by atoms with Crippen LogP contribution in [0.3, 0.4) is 0 Å². The highest BCUT2D eigenvalue weighted by molar-refractivity contribution is 4.94. The Labute approximate surface area is 74.7 Å². The minimum Gasteiger partial charge on any atom is -0.398 e. The van der Waals surface area contributed by atoms with Gasteiger partial charge in [0, 0.05) is 6.20 Å². The fourth-order valence-corrected chi connectivity index (χ4v) is 1.82. The van der Waals surface area contributed by atoms with Crippen LogP contribution in [0, 0.1) is 11.8 Å². The van der Waals surface area contributed by atoms with Crippen molar-refractivity contribution in [2.75, 3.05) is 0 Å². The first-order valence-corrected chi connectivity index (χ1v) is 4.62.